The Bertz CT molecular complexity index is 880. The lowest BCUT2D eigenvalue weighted by molar-refractivity contribution is -0.139. The molecule has 0 aliphatic carbocycles. The third-order valence-electron chi connectivity index (χ3n) is 4.13. The van der Waals surface area contributed by atoms with E-state index in [1.807, 2.05) is 0 Å². The smallest absolute Gasteiger partial charge is 0.330 e. The Kier molecular flexibility index (Phi) is 5.37. The quantitative estimate of drug-likeness (QED) is 0.808. The summed E-state index contributed by atoms with van der Waals surface area (Å²) in [6.07, 6.45) is 2.31. The van der Waals surface area contributed by atoms with Gasteiger partial charge in [-0.1, -0.05) is 18.2 Å². The molecule has 7 heteroatoms. The Morgan fingerprint density at radius 2 is 2.08 bits per heavy atom. The van der Waals surface area contributed by atoms with Gasteiger partial charge in [-0.05, 0) is 41.0 Å². The highest BCUT2D eigenvalue weighted by molar-refractivity contribution is 7.83. The average Bonchev–Trinajstić information content (AvgIpc) is 3.06. The summed E-state index contributed by atoms with van der Waals surface area (Å²) in [6.45, 7) is 0.578. The lowest BCUT2D eigenvalue weighted by Crippen LogP contribution is -2.33. The third-order valence-corrected chi connectivity index (χ3v) is 4.87. The molecule has 0 spiro atoms. The van der Waals surface area contributed by atoms with E-state index in [1.165, 1.54) is 0 Å². The number of hydrogen-bond donors (Lipinski definition) is 2. The molecule has 1 aliphatic heterocycles. The van der Waals surface area contributed by atoms with Crippen LogP contribution >= 0.6 is 0 Å². The Hall–Kier alpha value is -2.67. The number of nitrogens with one attached hydrogen (secondary N) is 1. The Labute approximate surface area is 153 Å². The zero-order chi connectivity index (χ0) is 18.7. The van der Waals surface area contributed by atoms with Crippen LogP contribution in [0.15, 0.2) is 42.5 Å². The molecule has 1 aliphatic rings. The number of benzene rings is 2. The number of amides is 1. The molecule has 26 heavy (non-hydrogen) atoms. The summed E-state index contributed by atoms with van der Waals surface area (Å²) in [5, 5.41) is 12.1. The standard InChI is InChI=1S/C19H19NO5S/c1-26(24)11-12-3-2-4-15(9-12)18(21)20-17(19(22)23)14-5-6-16-13(10-14)7-8-25-16/h2-6,9-10,17H,7-8,11H2,1H3,(H,20,21)(H,22,23). The Balaban J connectivity index is 1.81. The van der Waals surface area contributed by atoms with Crippen molar-refractivity contribution in [1.29, 1.82) is 0 Å². The molecule has 0 fully saturated rings. The first-order chi connectivity index (χ1) is 12.4. The minimum absolute atomic E-state index is 0.337. The van der Waals surface area contributed by atoms with Crippen molar-refractivity contribution in [2.45, 2.75) is 18.2 Å². The monoisotopic (exact) mass is 373 g/mol. The van der Waals surface area contributed by atoms with Crippen LogP contribution < -0.4 is 10.1 Å². The molecule has 1 amide bonds. The molecule has 0 aromatic heterocycles. The number of carbonyl (C=O) groups excluding carboxylic acids is 1. The molecule has 2 aromatic carbocycles. The maximum atomic E-state index is 12.5. The summed E-state index contributed by atoms with van der Waals surface area (Å²) < 4.78 is 16.8. The molecular formula is C19H19NO5S. The number of aliphatic carboxylic acids is 1. The fourth-order valence-corrected chi connectivity index (χ4v) is 3.57. The number of carbonyl (C=O) groups is 2. The summed E-state index contributed by atoms with van der Waals surface area (Å²) in [7, 11) is -1.02. The predicted octanol–water partition coefficient (Wildman–Crippen LogP) is 2.06. The van der Waals surface area contributed by atoms with Crippen LogP contribution in [0.4, 0.5) is 0 Å². The van der Waals surface area contributed by atoms with E-state index >= 15 is 0 Å². The van der Waals surface area contributed by atoms with E-state index in [9.17, 15) is 18.9 Å². The van der Waals surface area contributed by atoms with Gasteiger partial charge in [-0.15, -0.1) is 0 Å². The highest BCUT2D eigenvalue weighted by Gasteiger charge is 2.25. The molecule has 0 radical (unpaired) electrons. The third kappa shape index (κ3) is 4.11. The molecule has 6 nitrogen and oxygen atoms in total. The average molecular weight is 373 g/mol. The summed E-state index contributed by atoms with van der Waals surface area (Å²) in [4.78, 5) is 24.2. The van der Waals surface area contributed by atoms with Gasteiger partial charge in [0.15, 0.2) is 6.04 Å². The van der Waals surface area contributed by atoms with Crippen LogP contribution in [0.25, 0.3) is 0 Å². The van der Waals surface area contributed by atoms with E-state index in [0.717, 1.165) is 23.3 Å². The number of carboxylic acid groups (broad SMARTS) is 1. The molecular weight excluding hydrogens is 354 g/mol. The second kappa shape index (κ2) is 7.70. The number of hydrogen-bond acceptors (Lipinski definition) is 4. The SMILES string of the molecule is CS(=O)Cc1cccc(C(=O)NC(C(=O)O)c2ccc3c(c2)CCO3)c1. The van der Waals surface area contributed by atoms with Crippen molar-refractivity contribution in [2.75, 3.05) is 12.9 Å². The topological polar surface area (TPSA) is 92.7 Å². The van der Waals surface area contributed by atoms with Crippen molar-refractivity contribution < 1.29 is 23.6 Å². The fourth-order valence-electron chi connectivity index (χ4n) is 2.93. The van der Waals surface area contributed by atoms with E-state index in [1.54, 1.807) is 48.7 Å². The van der Waals surface area contributed by atoms with Crippen LogP contribution in [0.2, 0.25) is 0 Å². The van der Waals surface area contributed by atoms with Crippen LogP contribution in [0.5, 0.6) is 5.75 Å². The first-order valence-electron chi connectivity index (χ1n) is 8.12. The zero-order valence-electron chi connectivity index (χ0n) is 14.2. The van der Waals surface area contributed by atoms with E-state index < -0.39 is 28.7 Å². The van der Waals surface area contributed by atoms with Crippen molar-refractivity contribution in [3.63, 3.8) is 0 Å². The molecule has 136 valence electrons. The van der Waals surface area contributed by atoms with Crippen LogP contribution in [-0.4, -0.2) is 34.1 Å². The van der Waals surface area contributed by atoms with Gasteiger partial charge < -0.3 is 15.2 Å². The maximum Gasteiger partial charge on any atom is 0.330 e. The highest BCUT2D eigenvalue weighted by Crippen LogP contribution is 2.28. The molecule has 2 unspecified atom stereocenters. The molecule has 2 aromatic rings. The Morgan fingerprint density at radius 3 is 2.81 bits per heavy atom. The summed E-state index contributed by atoms with van der Waals surface area (Å²) in [5.74, 6) is -0.528. The van der Waals surface area contributed by atoms with Crippen LogP contribution in [-0.2, 0) is 27.8 Å². The molecule has 3 rings (SSSR count). The van der Waals surface area contributed by atoms with Gasteiger partial charge in [0.25, 0.3) is 5.91 Å². The number of rotatable bonds is 6. The van der Waals surface area contributed by atoms with Gasteiger partial charge in [0.05, 0.1) is 6.61 Å². The fraction of sp³-hybridized carbons (Fsp3) is 0.263. The van der Waals surface area contributed by atoms with Crippen molar-refractivity contribution in [3.05, 3.63) is 64.7 Å². The van der Waals surface area contributed by atoms with E-state index in [-0.39, 0.29) is 0 Å². The molecule has 0 saturated carbocycles. The van der Waals surface area contributed by atoms with Gasteiger partial charge >= 0.3 is 5.97 Å². The number of carboxylic acids is 1. The second-order valence-corrected chi connectivity index (χ2v) is 7.56. The van der Waals surface area contributed by atoms with Gasteiger partial charge in [0, 0.05) is 34.8 Å². The van der Waals surface area contributed by atoms with Crippen molar-refractivity contribution >= 4 is 22.7 Å². The zero-order valence-corrected chi connectivity index (χ0v) is 15.0. The van der Waals surface area contributed by atoms with Crippen molar-refractivity contribution in [2.24, 2.45) is 0 Å². The minimum Gasteiger partial charge on any atom is -0.493 e. The largest absolute Gasteiger partial charge is 0.493 e. The lowest BCUT2D eigenvalue weighted by Gasteiger charge is -2.16. The van der Waals surface area contributed by atoms with E-state index in [4.69, 9.17) is 4.74 Å². The van der Waals surface area contributed by atoms with E-state index in [2.05, 4.69) is 5.32 Å². The van der Waals surface area contributed by atoms with Gasteiger partial charge in [-0.25, -0.2) is 4.79 Å². The van der Waals surface area contributed by atoms with Gasteiger partial charge in [0.1, 0.15) is 5.75 Å². The second-order valence-electron chi connectivity index (χ2n) is 6.13. The van der Waals surface area contributed by atoms with Gasteiger partial charge in [-0.2, -0.15) is 0 Å². The maximum absolute atomic E-state index is 12.5. The normalized spacial score (nSPS) is 14.8. The number of ether oxygens (including phenoxy) is 1. The van der Waals surface area contributed by atoms with Crippen LogP contribution in [0.1, 0.15) is 33.1 Å². The Morgan fingerprint density at radius 1 is 1.27 bits per heavy atom. The van der Waals surface area contributed by atoms with Crippen LogP contribution in [0, 0.1) is 0 Å². The first-order valence-corrected chi connectivity index (χ1v) is 9.85. The highest BCUT2D eigenvalue weighted by atomic mass is 32.2. The first kappa shape index (κ1) is 18.1. The summed E-state index contributed by atoms with van der Waals surface area (Å²) in [6, 6.07) is 10.7. The molecule has 2 N–H and O–H groups in total. The summed E-state index contributed by atoms with van der Waals surface area (Å²) >= 11 is 0. The molecule has 1 heterocycles. The molecule has 0 bridgehead atoms. The van der Waals surface area contributed by atoms with Crippen molar-refractivity contribution in [3.8, 4) is 5.75 Å². The van der Waals surface area contributed by atoms with Crippen molar-refractivity contribution in [1.82, 2.24) is 5.32 Å². The number of fused-ring (bicyclic) bond motifs is 1. The van der Waals surface area contributed by atoms with Gasteiger partial charge in [-0.3, -0.25) is 9.00 Å². The molecule has 2 atom stereocenters. The molecule has 0 saturated heterocycles. The summed E-state index contributed by atoms with van der Waals surface area (Å²) in [5.41, 5.74) is 2.54. The lowest BCUT2D eigenvalue weighted by atomic mass is 10.0. The van der Waals surface area contributed by atoms with Crippen LogP contribution in [0.3, 0.4) is 0 Å². The predicted molar refractivity (Wildman–Crippen MR) is 97.7 cm³/mol. The van der Waals surface area contributed by atoms with E-state index in [0.29, 0.717) is 23.5 Å². The van der Waals surface area contributed by atoms with Gasteiger partial charge in [0.2, 0.25) is 0 Å². The minimum atomic E-state index is -1.16.